The molecule has 0 spiro atoms. The molecule has 0 aromatic heterocycles. The van der Waals surface area contributed by atoms with Gasteiger partial charge in [-0.25, -0.2) is 0 Å². The van der Waals surface area contributed by atoms with Crippen LogP contribution >= 0.6 is 0 Å². The van der Waals surface area contributed by atoms with Crippen LogP contribution in [-0.4, -0.2) is 13.1 Å². The fraction of sp³-hybridized carbons (Fsp3) is 0.636. The first-order valence-electron chi connectivity index (χ1n) is 5.04. The molecule has 1 nitrogen and oxygen atoms in total. The van der Waals surface area contributed by atoms with Crippen LogP contribution in [0.1, 0.15) is 25.7 Å². The maximum atomic E-state index is 3.46. The van der Waals surface area contributed by atoms with Gasteiger partial charge in [0.2, 0.25) is 0 Å². The van der Waals surface area contributed by atoms with Gasteiger partial charge < -0.3 is 5.32 Å². The number of rotatable bonds is 1. The molecule has 1 unspecified atom stereocenters. The topological polar surface area (TPSA) is 12.0 Å². The highest BCUT2D eigenvalue weighted by Crippen LogP contribution is 2.23. The quantitative estimate of drug-likeness (QED) is 0.625. The van der Waals surface area contributed by atoms with Crippen molar-refractivity contribution in [2.45, 2.75) is 25.7 Å². The van der Waals surface area contributed by atoms with E-state index in [1.54, 1.807) is 5.57 Å². The van der Waals surface area contributed by atoms with Crippen molar-refractivity contribution in [1.82, 2.24) is 5.32 Å². The molecule has 1 N–H and O–H groups in total. The van der Waals surface area contributed by atoms with E-state index in [9.17, 15) is 0 Å². The number of hydrogen-bond acceptors (Lipinski definition) is 1. The van der Waals surface area contributed by atoms with Crippen LogP contribution < -0.4 is 5.32 Å². The smallest absolute Gasteiger partial charge is 0.00200 e. The Bertz CT molecular complexity index is 197. The highest BCUT2D eigenvalue weighted by atomic mass is 14.9. The molecule has 1 atom stereocenters. The van der Waals surface area contributed by atoms with Gasteiger partial charge in [-0.05, 0) is 43.7 Å². The van der Waals surface area contributed by atoms with Crippen molar-refractivity contribution in [2.24, 2.45) is 5.92 Å². The third kappa shape index (κ3) is 1.78. The zero-order valence-corrected chi connectivity index (χ0v) is 7.55. The van der Waals surface area contributed by atoms with Crippen LogP contribution in [0.15, 0.2) is 23.8 Å². The van der Waals surface area contributed by atoms with E-state index in [0.717, 1.165) is 5.92 Å². The van der Waals surface area contributed by atoms with E-state index in [-0.39, 0.29) is 0 Å². The summed E-state index contributed by atoms with van der Waals surface area (Å²) in [5.41, 5.74) is 1.58. The van der Waals surface area contributed by atoms with Crippen molar-refractivity contribution >= 4 is 0 Å². The van der Waals surface area contributed by atoms with E-state index in [2.05, 4.69) is 23.5 Å². The van der Waals surface area contributed by atoms with E-state index in [0.29, 0.717) is 0 Å². The lowest BCUT2D eigenvalue weighted by atomic mass is 9.88. The van der Waals surface area contributed by atoms with Crippen molar-refractivity contribution in [1.29, 1.82) is 0 Å². The van der Waals surface area contributed by atoms with Gasteiger partial charge in [0.15, 0.2) is 0 Å². The van der Waals surface area contributed by atoms with Gasteiger partial charge in [-0.15, -0.1) is 0 Å². The number of allylic oxidation sites excluding steroid dienone is 3. The molecule has 2 rings (SSSR count). The summed E-state index contributed by atoms with van der Waals surface area (Å²) in [5.74, 6) is 0.801. The lowest BCUT2D eigenvalue weighted by molar-refractivity contribution is 0.426. The third-order valence-electron chi connectivity index (χ3n) is 2.79. The van der Waals surface area contributed by atoms with Crippen LogP contribution in [0.2, 0.25) is 0 Å². The fourth-order valence-electron chi connectivity index (χ4n) is 2.07. The summed E-state index contributed by atoms with van der Waals surface area (Å²) in [4.78, 5) is 0. The molecule has 1 aliphatic heterocycles. The predicted molar refractivity (Wildman–Crippen MR) is 52.1 cm³/mol. The van der Waals surface area contributed by atoms with E-state index in [1.807, 2.05) is 0 Å². The Morgan fingerprint density at radius 3 is 3.00 bits per heavy atom. The second kappa shape index (κ2) is 3.90. The molecule has 0 aromatic carbocycles. The summed E-state index contributed by atoms with van der Waals surface area (Å²) < 4.78 is 0. The van der Waals surface area contributed by atoms with Crippen LogP contribution in [0, 0.1) is 5.92 Å². The highest BCUT2D eigenvalue weighted by molar-refractivity contribution is 5.25. The average molecular weight is 163 g/mol. The maximum Gasteiger partial charge on any atom is 0.00200 e. The molecule has 1 heteroatoms. The minimum Gasteiger partial charge on any atom is -0.316 e. The van der Waals surface area contributed by atoms with Crippen LogP contribution in [0.4, 0.5) is 0 Å². The Morgan fingerprint density at radius 2 is 2.33 bits per heavy atom. The Hall–Kier alpha value is -0.560. The second-order valence-electron chi connectivity index (χ2n) is 3.73. The molecule has 1 saturated heterocycles. The zero-order valence-electron chi connectivity index (χ0n) is 7.55. The minimum absolute atomic E-state index is 0.801. The van der Waals surface area contributed by atoms with Crippen LogP contribution in [0.25, 0.3) is 0 Å². The lowest BCUT2D eigenvalue weighted by Crippen LogP contribution is -2.30. The lowest BCUT2D eigenvalue weighted by Gasteiger charge is -2.24. The van der Waals surface area contributed by atoms with Gasteiger partial charge in [0.1, 0.15) is 0 Å². The van der Waals surface area contributed by atoms with Gasteiger partial charge in [-0.2, -0.15) is 0 Å². The number of nitrogens with one attached hydrogen (secondary N) is 1. The van der Waals surface area contributed by atoms with Gasteiger partial charge in [0, 0.05) is 6.54 Å². The maximum absolute atomic E-state index is 3.46. The van der Waals surface area contributed by atoms with Gasteiger partial charge in [0.05, 0.1) is 0 Å². The highest BCUT2D eigenvalue weighted by Gasteiger charge is 2.15. The molecular formula is C11H17N. The zero-order chi connectivity index (χ0) is 8.23. The van der Waals surface area contributed by atoms with Crippen LogP contribution in [-0.2, 0) is 0 Å². The first kappa shape index (κ1) is 8.06. The van der Waals surface area contributed by atoms with Crippen molar-refractivity contribution in [3.8, 4) is 0 Å². The molecule has 0 bridgehead atoms. The SMILES string of the molecule is C1=CC(C2CCCNC2)=CCC1. The normalized spacial score (nSPS) is 30.0. The largest absolute Gasteiger partial charge is 0.316 e. The van der Waals surface area contributed by atoms with E-state index in [4.69, 9.17) is 0 Å². The molecule has 0 saturated carbocycles. The second-order valence-corrected chi connectivity index (χ2v) is 3.73. The molecule has 1 heterocycles. The minimum atomic E-state index is 0.801. The Balaban J connectivity index is 1.97. The molecule has 2 aliphatic rings. The van der Waals surface area contributed by atoms with Gasteiger partial charge >= 0.3 is 0 Å². The Labute approximate surface area is 74.5 Å². The van der Waals surface area contributed by atoms with Crippen molar-refractivity contribution in [3.05, 3.63) is 23.8 Å². The van der Waals surface area contributed by atoms with Gasteiger partial charge in [-0.1, -0.05) is 18.2 Å². The Kier molecular flexibility index (Phi) is 2.62. The Morgan fingerprint density at radius 1 is 1.33 bits per heavy atom. The van der Waals surface area contributed by atoms with E-state index < -0.39 is 0 Å². The first-order valence-corrected chi connectivity index (χ1v) is 5.04. The molecular weight excluding hydrogens is 146 g/mol. The molecule has 1 aliphatic carbocycles. The van der Waals surface area contributed by atoms with Crippen molar-refractivity contribution in [2.75, 3.05) is 13.1 Å². The summed E-state index contributed by atoms with van der Waals surface area (Å²) in [6, 6.07) is 0. The van der Waals surface area contributed by atoms with Crippen LogP contribution in [0.3, 0.4) is 0 Å². The molecule has 12 heavy (non-hydrogen) atoms. The summed E-state index contributed by atoms with van der Waals surface area (Å²) in [7, 11) is 0. The van der Waals surface area contributed by atoms with Crippen LogP contribution in [0.5, 0.6) is 0 Å². The van der Waals surface area contributed by atoms with E-state index in [1.165, 1.54) is 38.8 Å². The third-order valence-corrected chi connectivity index (χ3v) is 2.79. The monoisotopic (exact) mass is 163 g/mol. The molecule has 66 valence electrons. The van der Waals surface area contributed by atoms with Gasteiger partial charge in [-0.3, -0.25) is 0 Å². The number of hydrogen-bond donors (Lipinski definition) is 1. The van der Waals surface area contributed by atoms with Gasteiger partial charge in [0.25, 0.3) is 0 Å². The molecule has 0 amide bonds. The average Bonchev–Trinajstić information content (AvgIpc) is 2.21. The fourth-order valence-corrected chi connectivity index (χ4v) is 2.07. The molecule has 0 aromatic rings. The summed E-state index contributed by atoms with van der Waals surface area (Å²) in [6.45, 7) is 2.41. The summed E-state index contributed by atoms with van der Waals surface area (Å²) >= 11 is 0. The van der Waals surface area contributed by atoms with Crippen molar-refractivity contribution in [3.63, 3.8) is 0 Å². The molecule has 1 fully saturated rings. The summed E-state index contributed by atoms with van der Waals surface area (Å²) in [5, 5.41) is 3.46. The first-order chi connectivity index (χ1) is 5.97. The molecule has 0 radical (unpaired) electrons. The van der Waals surface area contributed by atoms with Crippen molar-refractivity contribution < 1.29 is 0 Å². The predicted octanol–water partition coefficient (Wildman–Crippen LogP) is 2.26. The standard InChI is InChI=1S/C11H17N/c1-2-5-10(6-3-1)11-7-4-8-12-9-11/h2,5-6,11-12H,1,3-4,7-9H2. The van der Waals surface area contributed by atoms with E-state index >= 15 is 0 Å². The number of piperidine rings is 1. The summed E-state index contributed by atoms with van der Waals surface area (Å²) in [6.07, 6.45) is 12.3.